The van der Waals surface area contributed by atoms with Crippen LogP contribution in [0, 0.1) is 4.51 Å². The Morgan fingerprint density at radius 2 is 2.50 bits per heavy atom. The average Bonchev–Trinajstić information content (AvgIpc) is 1.88. The molecule has 0 fully saturated rings. The molecule has 0 saturated carbocycles. The van der Waals surface area contributed by atoms with E-state index in [9.17, 15) is 0 Å². The number of aromatic nitrogens is 1. The maximum atomic E-state index is 5.16. The van der Waals surface area contributed by atoms with Crippen molar-refractivity contribution in [3.63, 3.8) is 0 Å². The van der Waals surface area contributed by atoms with Crippen molar-refractivity contribution in [1.82, 2.24) is 4.98 Å². The highest BCUT2D eigenvalue weighted by molar-refractivity contribution is 7.71. The van der Waals surface area contributed by atoms with Crippen molar-refractivity contribution in [2.75, 3.05) is 6.61 Å². The van der Waals surface area contributed by atoms with Gasteiger partial charge >= 0.3 is 0 Å². The van der Waals surface area contributed by atoms with Gasteiger partial charge in [-0.15, -0.1) is 0 Å². The maximum absolute atomic E-state index is 5.16. The summed E-state index contributed by atoms with van der Waals surface area (Å²) in [7, 11) is 0. The molecule has 1 aromatic heterocycles. The Morgan fingerprint density at radius 1 is 1.70 bits per heavy atom. The highest BCUT2D eigenvalue weighted by Crippen LogP contribution is 2.04. The first-order valence-electron chi connectivity index (χ1n) is 3.14. The Hall–Kier alpha value is -0.830. The minimum Gasteiger partial charge on any atom is -0.479 e. The van der Waals surface area contributed by atoms with E-state index in [2.05, 4.69) is 4.98 Å². The lowest BCUT2D eigenvalue weighted by molar-refractivity contribution is 0.327. The minimum absolute atomic E-state index is 0.662. The predicted octanol–water partition coefficient (Wildman–Crippen LogP) is 2.14. The summed E-state index contributed by atoms with van der Waals surface area (Å²) in [6.45, 7) is 2.60. The van der Waals surface area contributed by atoms with E-state index in [1.54, 1.807) is 12.3 Å². The topological polar surface area (TPSA) is 25.0 Å². The van der Waals surface area contributed by atoms with Crippen LogP contribution in [0.3, 0.4) is 0 Å². The second-order valence-electron chi connectivity index (χ2n) is 1.82. The molecule has 2 nitrogen and oxygen atoms in total. The summed E-state index contributed by atoms with van der Waals surface area (Å²) in [5.41, 5.74) is 0. The maximum Gasteiger partial charge on any atom is 0.192 e. The zero-order chi connectivity index (χ0) is 7.40. The Kier molecular flexibility index (Phi) is 2.45. The first-order valence-corrected chi connectivity index (χ1v) is 3.55. The molecule has 1 rings (SSSR count). The van der Waals surface area contributed by atoms with Gasteiger partial charge in [-0.2, -0.15) is 0 Å². The van der Waals surface area contributed by atoms with E-state index in [-0.39, 0.29) is 0 Å². The molecular weight excluding hydrogens is 146 g/mol. The van der Waals surface area contributed by atoms with E-state index in [0.29, 0.717) is 6.61 Å². The summed E-state index contributed by atoms with van der Waals surface area (Å²) >= 11 is 4.91. The third kappa shape index (κ3) is 1.84. The molecule has 0 aliphatic carbocycles. The monoisotopic (exact) mass is 155 g/mol. The first kappa shape index (κ1) is 7.28. The van der Waals surface area contributed by atoms with Crippen molar-refractivity contribution in [2.45, 2.75) is 6.92 Å². The van der Waals surface area contributed by atoms with Crippen LogP contribution in [0.15, 0.2) is 18.3 Å². The number of hydrogen-bond acceptors (Lipinski definition) is 2. The molecule has 0 aromatic carbocycles. The van der Waals surface area contributed by atoms with Gasteiger partial charge in [0.2, 0.25) is 0 Å². The van der Waals surface area contributed by atoms with Gasteiger partial charge in [0.05, 0.1) is 6.61 Å². The zero-order valence-corrected chi connectivity index (χ0v) is 6.57. The van der Waals surface area contributed by atoms with Crippen molar-refractivity contribution in [3.05, 3.63) is 22.8 Å². The minimum atomic E-state index is 0.662. The molecule has 1 heterocycles. The number of H-pyrrole nitrogens is 1. The van der Waals surface area contributed by atoms with Gasteiger partial charge in [0.25, 0.3) is 0 Å². The third-order valence-electron chi connectivity index (χ3n) is 1.05. The molecule has 0 atom stereocenters. The normalized spacial score (nSPS) is 9.30. The fourth-order valence-corrected chi connectivity index (χ4v) is 0.839. The van der Waals surface area contributed by atoms with Gasteiger partial charge in [0, 0.05) is 16.8 Å². The van der Waals surface area contributed by atoms with Gasteiger partial charge in [0.15, 0.2) is 5.88 Å². The molecule has 1 aromatic rings. The molecule has 0 bridgehead atoms. The number of ether oxygens (including phenoxy) is 1. The summed E-state index contributed by atoms with van der Waals surface area (Å²) in [6, 6.07) is 3.61. The molecule has 54 valence electrons. The van der Waals surface area contributed by atoms with Gasteiger partial charge in [0.1, 0.15) is 0 Å². The van der Waals surface area contributed by atoms with Crippen LogP contribution in [-0.2, 0) is 0 Å². The largest absolute Gasteiger partial charge is 0.479 e. The van der Waals surface area contributed by atoms with Crippen LogP contribution < -0.4 is 4.74 Å². The lowest BCUT2D eigenvalue weighted by Gasteiger charge is -1.99. The van der Waals surface area contributed by atoms with Crippen LogP contribution >= 0.6 is 12.2 Å². The van der Waals surface area contributed by atoms with Crippen LogP contribution in [0.5, 0.6) is 5.88 Å². The summed E-state index contributed by atoms with van der Waals surface area (Å²) in [5.74, 6) is 0.731. The Morgan fingerprint density at radius 3 is 3.10 bits per heavy atom. The lowest BCUT2D eigenvalue weighted by Crippen LogP contribution is -1.92. The van der Waals surface area contributed by atoms with Crippen LogP contribution in [0.4, 0.5) is 0 Å². The third-order valence-corrected chi connectivity index (χ3v) is 1.30. The molecule has 0 saturated heterocycles. The summed E-state index contributed by atoms with van der Waals surface area (Å²) in [6.07, 6.45) is 1.77. The number of pyridine rings is 1. The first-order chi connectivity index (χ1) is 4.83. The average molecular weight is 155 g/mol. The standard InChI is InChI=1S/C7H9NOS/c1-2-9-7-5-6(10)3-4-8-7/h3-5H,2H2,1H3,(H,8,10). The lowest BCUT2D eigenvalue weighted by atomic mass is 10.5. The highest BCUT2D eigenvalue weighted by Gasteiger charge is 1.87. The van der Waals surface area contributed by atoms with Gasteiger partial charge in [-0.25, -0.2) is 0 Å². The Labute approximate surface area is 64.9 Å². The van der Waals surface area contributed by atoms with Gasteiger partial charge in [-0.3, -0.25) is 0 Å². The fraction of sp³-hybridized carbons (Fsp3) is 0.286. The molecule has 0 aliphatic heterocycles. The van der Waals surface area contributed by atoms with Crippen LogP contribution in [0.1, 0.15) is 6.92 Å². The van der Waals surface area contributed by atoms with E-state index < -0.39 is 0 Å². The Bertz CT molecular complexity index is 256. The summed E-state index contributed by atoms with van der Waals surface area (Å²) in [5, 5.41) is 0. The van der Waals surface area contributed by atoms with E-state index in [1.807, 2.05) is 13.0 Å². The van der Waals surface area contributed by atoms with Crippen molar-refractivity contribution in [3.8, 4) is 5.88 Å². The second kappa shape index (κ2) is 3.37. The second-order valence-corrected chi connectivity index (χ2v) is 2.29. The van der Waals surface area contributed by atoms with Crippen LogP contribution in [-0.4, -0.2) is 11.6 Å². The van der Waals surface area contributed by atoms with Crippen molar-refractivity contribution in [1.29, 1.82) is 0 Å². The SMILES string of the molecule is CCOc1cc(=S)cc[nH]1. The van der Waals surface area contributed by atoms with E-state index >= 15 is 0 Å². The molecule has 0 spiro atoms. The number of rotatable bonds is 2. The van der Waals surface area contributed by atoms with Crippen molar-refractivity contribution >= 4 is 12.2 Å². The molecule has 0 unspecified atom stereocenters. The molecule has 3 heteroatoms. The van der Waals surface area contributed by atoms with E-state index in [0.717, 1.165) is 10.4 Å². The van der Waals surface area contributed by atoms with E-state index in [1.165, 1.54) is 0 Å². The van der Waals surface area contributed by atoms with Crippen LogP contribution in [0.2, 0.25) is 0 Å². The van der Waals surface area contributed by atoms with Crippen molar-refractivity contribution < 1.29 is 4.74 Å². The predicted molar refractivity (Wildman–Crippen MR) is 42.8 cm³/mol. The zero-order valence-electron chi connectivity index (χ0n) is 5.76. The molecular formula is C7H9NOS. The van der Waals surface area contributed by atoms with Gasteiger partial charge < -0.3 is 9.72 Å². The molecule has 0 aliphatic rings. The quantitative estimate of drug-likeness (QED) is 0.662. The van der Waals surface area contributed by atoms with Gasteiger partial charge in [-0.05, 0) is 13.0 Å². The number of aromatic amines is 1. The summed E-state index contributed by atoms with van der Waals surface area (Å²) in [4.78, 5) is 2.92. The highest BCUT2D eigenvalue weighted by atomic mass is 32.1. The number of hydrogen-bond donors (Lipinski definition) is 1. The van der Waals surface area contributed by atoms with E-state index in [4.69, 9.17) is 17.0 Å². The molecule has 0 amide bonds. The number of nitrogens with one attached hydrogen (secondary N) is 1. The molecule has 10 heavy (non-hydrogen) atoms. The van der Waals surface area contributed by atoms with Crippen molar-refractivity contribution in [2.24, 2.45) is 0 Å². The Balaban J connectivity index is 2.85. The molecule has 1 N–H and O–H groups in total. The molecule has 0 radical (unpaired) electrons. The van der Waals surface area contributed by atoms with Gasteiger partial charge in [-0.1, -0.05) is 12.2 Å². The summed E-state index contributed by atoms with van der Waals surface area (Å²) < 4.78 is 5.96. The smallest absolute Gasteiger partial charge is 0.192 e. The fourth-order valence-electron chi connectivity index (χ4n) is 0.664. The van der Waals surface area contributed by atoms with Crippen LogP contribution in [0.25, 0.3) is 0 Å².